The van der Waals surface area contributed by atoms with Crippen LogP contribution < -0.4 is 4.90 Å². The summed E-state index contributed by atoms with van der Waals surface area (Å²) in [6, 6.07) is 1.79. The molecule has 0 aromatic carbocycles. The van der Waals surface area contributed by atoms with Gasteiger partial charge in [0.1, 0.15) is 0 Å². The molecule has 1 atom stereocenters. The van der Waals surface area contributed by atoms with Gasteiger partial charge >= 0.3 is 0 Å². The van der Waals surface area contributed by atoms with E-state index in [9.17, 15) is 9.59 Å². The van der Waals surface area contributed by atoms with Crippen molar-refractivity contribution in [2.45, 2.75) is 45.6 Å². The Labute approximate surface area is 136 Å². The van der Waals surface area contributed by atoms with Gasteiger partial charge in [0.05, 0.1) is 23.2 Å². The molecule has 0 radical (unpaired) electrons. The van der Waals surface area contributed by atoms with E-state index in [1.807, 2.05) is 18.4 Å². The van der Waals surface area contributed by atoms with Crippen LogP contribution in [0.25, 0.3) is 0 Å². The average Bonchev–Trinajstić information content (AvgIpc) is 2.96. The van der Waals surface area contributed by atoms with Gasteiger partial charge in [-0.05, 0) is 50.0 Å². The Balaban J connectivity index is 2.24. The van der Waals surface area contributed by atoms with Gasteiger partial charge in [-0.2, -0.15) is 0 Å². The lowest BCUT2D eigenvalue weighted by Gasteiger charge is -2.34. The fourth-order valence-corrected chi connectivity index (χ4v) is 3.88. The highest BCUT2D eigenvalue weighted by Crippen LogP contribution is 2.33. The van der Waals surface area contributed by atoms with Crippen LogP contribution in [0.3, 0.4) is 0 Å². The van der Waals surface area contributed by atoms with E-state index in [4.69, 9.17) is 4.74 Å². The second-order valence-corrected chi connectivity index (χ2v) is 7.21. The summed E-state index contributed by atoms with van der Waals surface area (Å²) in [7, 11) is 1.63. The maximum Gasteiger partial charge on any atom is 0.230 e. The Bertz CT molecular complexity index is 506. The fraction of sp³-hybridized carbons (Fsp3) is 0.647. The highest BCUT2D eigenvalue weighted by molar-refractivity contribution is 7.12. The van der Waals surface area contributed by atoms with E-state index >= 15 is 0 Å². The number of amides is 1. The molecular weight excluding hydrogens is 298 g/mol. The molecule has 1 aliphatic rings. The van der Waals surface area contributed by atoms with Crippen LogP contribution in [0.5, 0.6) is 0 Å². The van der Waals surface area contributed by atoms with Crippen molar-refractivity contribution in [3.63, 3.8) is 0 Å². The summed E-state index contributed by atoms with van der Waals surface area (Å²) in [6.07, 6.45) is 4.93. The number of thiophene rings is 1. The number of nitrogens with zero attached hydrogens (tertiary/aromatic N) is 1. The molecular formula is C17H25NO3S. The van der Waals surface area contributed by atoms with Crippen molar-refractivity contribution in [3.8, 4) is 0 Å². The lowest BCUT2D eigenvalue weighted by atomic mass is 9.82. The second kappa shape index (κ2) is 7.88. The van der Waals surface area contributed by atoms with Gasteiger partial charge in [-0.1, -0.05) is 6.92 Å². The third-order valence-corrected chi connectivity index (χ3v) is 5.32. The van der Waals surface area contributed by atoms with Crippen LogP contribution in [0, 0.1) is 11.8 Å². The summed E-state index contributed by atoms with van der Waals surface area (Å²) in [5.41, 5.74) is 0.730. The van der Waals surface area contributed by atoms with Crippen LogP contribution in [0.15, 0.2) is 11.4 Å². The van der Waals surface area contributed by atoms with Gasteiger partial charge in [0.25, 0.3) is 0 Å². The molecule has 1 aromatic rings. The first-order valence-corrected chi connectivity index (χ1v) is 8.81. The lowest BCUT2D eigenvalue weighted by Crippen LogP contribution is -2.45. The van der Waals surface area contributed by atoms with Crippen molar-refractivity contribution in [2.24, 2.45) is 11.8 Å². The van der Waals surface area contributed by atoms with E-state index in [-0.39, 0.29) is 17.9 Å². The van der Waals surface area contributed by atoms with Crippen molar-refractivity contribution >= 4 is 29.2 Å². The summed E-state index contributed by atoms with van der Waals surface area (Å²) < 4.78 is 5.23. The summed E-state index contributed by atoms with van der Waals surface area (Å²) in [5.74, 6) is 0.911. The molecule has 122 valence electrons. The quantitative estimate of drug-likeness (QED) is 0.749. The summed E-state index contributed by atoms with van der Waals surface area (Å²) >= 11 is 1.38. The van der Waals surface area contributed by atoms with E-state index in [0.717, 1.165) is 37.7 Å². The number of methoxy groups -OCH3 is 1. The molecule has 1 unspecified atom stereocenters. The number of hydrogen-bond acceptors (Lipinski definition) is 4. The lowest BCUT2D eigenvalue weighted by molar-refractivity contribution is -0.124. The molecule has 0 bridgehead atoms. The third-order valence-electron chi connectivity index (χ3n) is 4.49. The van der Waals surface area contributed by atoms with E-state index < -0.39 is 0 Å². The number of anilines is 1. The number of aldehydes is 1. The predicted molar refractivity (Wildman–Crippen MR) is 89.7 cm³/mol. The normalized spacial score (nSPS) is 23.0. The molecule has 1 heterocycles. The molecule has 0 N–H and O–H groups in total. The highest BCUT2D eigenvalue weighted by Gasteiger charge is 2.32. The summed E-state index contributed by atoms with van der Waals surface area (Å²) in [5, 5.41) is 1.86. The smallest absolute Gasteiger partial charge is 0.230 e. The molecule has 1 saturated carbocycles. The monoisotopic (exact) mass is 323 g/mol. The number of carbonyl (C=O) groups is 2. The molecule has 22 heavy (non-hydrogen) atoms. The maximum absolute atomic E-state index is 13.0. The molecule has 1 amide bonds. The van der Waals surface area contributed by atoms with Gasteiger partial charge < -0.3 is 9.64 Å². The standard InChI is InChI=1S/C17H25NO3S/c1-12-4-6-14(7-5-12)17(20)18(13(2)11-21-3)15-8-9-22-16(15)10-19/h8-10,12-14H,4-7,11H2,1-3H3. The molecule has 4 nitrogen and oxygen atoms in total. The third kappa shape index (κ3) is 3.76. The van der Waals surface area contributed by atoms with E-state index in [1.54, 1.807) is 12.0 Å². The van der Waals surface area contributed by atoms with Crippen molar-refractivity contribution in [2.75, 3.05) is 18.6 Å². The van der Waals surface area contributed by atoms with Crippen molar-refractivity contribution < 1.29 is 14.3 Å². The zero-order valence-corrected chi connectivity index (χ0v) is 14.4. The van der Waals surface area contributed by atoms with Crippen LogP contribution in [0.1, 0.15) is 49.2 Å². The van der Waals surface area contributed by atoms with Crippen molar-refractivity contribution in [3.05, 3.63) is 16.3 Å². The molecule has 0 aliphatic heterocycles. The number of hydrogen-bond donors (Lipinski definition) is 0. The van der Waals surface area contributed by atoms with Gasteiger partial charge in [-0.15, -0.1) is 11.3 Å². The van der Waals surface area contributed by atoms with Crippen LogP contribution in [-0.4, -0.2) is 32.0 Å². The fourth-order valence-electron chi connectivity index (χ4n) is 3.19. The first-order valence-electron chi connectivity index (χ1n) is 7.93. The zero-order chi connectivity index (χ0) is 16.1. The average molecular weight is 323 g/mol. The van der Waals surface area contributed by atoms with Crippen LogP contribution in [0.4, 0.5) is 5.69 Å². The molecule has 0 spiro atoms. The second-order valence-electron chi connectivity index (χ2n) is 6.26. The Kier molecular flexibility index (Phi) is 6.15. The van der Waals surface area contributed by atoms with Crippen molar-refractivity contribution in [1.82, 2.24) is 0 Å². The van der Waals surface area contributed by atoms with E-state index in [1.165, 1.54) is 11.3 Å². The minimum atomic E-state index is -0.0786. The zero-order valence-electron chi connectivity index (χ0n) is 13.6. The minimum absolute atomic E-state index is 0.0647. The summed E-state index contributed by atoms with van der Waals surface area (Å²) in [4.78, 5) is 26.7. The van der Waals surface area contributed by atoms with Crippen LogP contribution in [-0.2, 0) is 9.53 Å². The number of ether oxygens (including phenoxy) is 1. The van der Waals surface area contributed by atoms with Crippen molar-refractivity contribution in [1.29, 1.82) is 0 Å². The van der Waals surface area contributed by atoms with Crippen LogP contribution >= 0.6 is 11.3 Å². The van der Waals surface area contributed by atoms with Gasteiger partial charge in [0.15, 0.2) is 6.29 Å². The van der Waals surface area contributed by atoms with Crippen LogP contribution in [0.2, 0.25) is 0 Å². The Morgan fingerprint density at radius 2 is 2.14 bits per heavy atom. The Morgan fingerprint density at radius 3 is 2.73 bits per heavy atom. The first kappa shape index (κ1) is 17.2. The maximum atomic E-state index is 13.0. The topological polar surface area (TPSA) is 46.6 Å². The van der Waals surface area contributed by atoms with E-state index in [0.29, 0.717) is 17.4 Å². The van der Waals surface area contributed by atoms with Gasteiger partial charge in [-0.25, -0.2) is 0 Å². The molecule has 1 aliphatic carbocycles. The number of carbonyl (C=O) groups excluding carboxylic acids is 2. The predicted octanol–water partition coefficient (Wildman–Crippen LogP) is 3.75. The molecule has 2 rings (SSSR count). The minimum Gasteiger partial charge on any atom is -0.383 e. The Hall–Kier alpha value is -1.20. The van der Waals surface area contributed by atoms with Gasteiger partial charge in [-0.3, -0.25) is 9.59 Å². The summed E-state index contributed by atoms with van der Waals surface area (Å²) in [6.45, 7) is 4.68. The largest absolute Gasteiger partial charge is 0.383 e. The Morgan fingerprint density at radius 1 is 1.45 bits per heavy atom. The highest BCUT2D eigenvalue weighted by atomic mass is 32.1. The van der Waals surface area contributed by atoms with Gasteiger partial charge in [0.2, 0.25) is 5.91 Å². The SMILES string of the molecule is COCC(C)N(C(=O)C1CCC(C)CC1)c1ccsc1C=O. The first-order chi connectivity index (χ1) is 10.6. The van der Waals surface area contributed by atoms with Gasteiger partial charge in [0, 0.05) is 13.0 Å². The van der Waals surface area contributed by atoms with E-state index in [2.05, 4.69) is 6.92 Å². The number of rotatable bonds is 6. The molecule has 0 saturated heterocycles. The molecule has 5 heteroatoms. The molecule has 1 aromatic heterocycles. The molecule has 1 fully saturated rings.